The summed E-state index contributed by atoms with van der Waals surface area (Å²) in [5.74, 6) is -0.780. The second-order valence-corrected chi connectivity index (χ2v) is 6.57. The van der Waals surface area contributed by atoms with Crippen molar-refractivity contribution in [2.45, 2.75) is 53.9 Å². The van der Waals surface area contributed by atoms with Crippen molar-refractivity contribution >= 4 is 5.97 Å². The summed E-state index contributed by atoms with van der Waals surface area (Å²) in [7, 11) is 0. The molecule has 2 nitrogen and oxygen atoms in total. The van der Waals surface area contributed by atoms with Gasteiger partial charge in [-0.1, -0.05) is 61.4 Å². The second-order valence-electron chi connectivity index (χ2n) is 6.57. The van der Waals surface area contributed by atoms with E-state index in [1.54, 1.807) is 0 Å². The first-order chi connectivity index (χ1) is 10.3. The van der Waals surface area contributed by atoms with E-state index in [1.807, 2.05) is 38.2 Å². The van der Waals surface area contributed by atoms with E-state index in [-0.39, 0.29) is 5.41 Å². The number of allylic oxidation sites excluding steroid dienone is 9. The monoisotopic (exact) mass is 300 g/mol. The Bertz CT molecular complexity index is 567. The normalized spacial score (nSPS) is 20.2. The molecule has 0 aromatic carbocycles. The SMILES string of the molecule is CC=C(C)C=CC=C(C)C=CC1=C(C(=O)O)CCCC1(C)C. The average Bonchev–Trinajstić information content (AvgIpc) is 2.44. The van der Waals surface area contributed by atoms with Crippen LogP contribution in [0.1, 0.15) is 53.9 Å². The lowest BCUT2D eigenvalue weighted by molar-refractivity contribution is -0.133. The third-order valence-electron chi connectivity index (χ3n) is 4.23. The zero-order valence-corrected chi connectivity index (χ0v) is 14.4. The smallest absolute Gasteiger partial charge is 0.331 e. The molecule has 2 heteroatoms. The summed E-state index contributed by atoms with van der Waals surface area (Å²) in [5, 5.41) is 9.41. The average molecular weight is 300 g/mol. The molecule has 0 atom stereocenters. The summed E-state index contributed by atoms with van der Waals surface area (Å²) in [6.07, 6.45) is 14.8. The van der Waals surface area contributed by atoms with Gasteiger partial charge in [-0.05, 0) is 51.0 Å². The summed E-state index contributed by atoms with van der Waals surface area (Å²) < 4.78 is 0. The van der Waals surface area contributed by atoms with E-state index < -0.39 is 5.97 Å². The molecule has 0 aromatic heterocycles. The zero-order chi connectivity index (χ0) is 16.8. The molecule has 22 heavy (non-hydrogen) atoms. The Kier molecular flexibility index (Phi) is 6.61. The first kappa shape index (κ1) is 18.2. The van der Waals surface area contributed by atoms with E-state index in [1.165, 1.54) is 5.57 Å². The summed E-state index contributed by atoms with van der Waals surface area (Å²) in [4.78, 5) is 11.5. The standard InChI is InChI=1S/C20H28O2/c1-6-15(2)9-7-10-16(3)12-13-18-17(19(21)22)11-8-14-20(18,4)5/h6-7,9-10,12-13H,8,11,14H2,1-5H3,(H,21,22). The zero-order valence-electron chi connectivity index (χ0n) is 14.4. The summed E-state index contributed by atoms with van der Waals surface area (Å²) in [5.41, 5.74) is 3.80. The highest BCUT2D eigenvalue weighted by molar-refractivity contribution is 5.88. The summed E-state index contributed by atoms with van der Waals surface area (Å²) >= 11 is 0. The van der Waals surface area contributed by atoms with Gasteiger partial charge in [0.15, 0.2) is 0 Å². The molecule has 0 saturated heterocycles. The molecule has 120 valence electrons. The molecule has 0 spiro atoms. The van der Waals surface area contributed by atoms with Gasteiger partial charge in [-0.2, -0.15) is 0 Å². The van der Waals surface area contributed by atoms with E-state index in [0.717, 1.165) is 24.0 Å². The predicted molar refractivity (Wildman–Crippen MR) is 93.8 cm³/mol. The lowest BCUT2D eigenvalue weighted by Crippen LogP contribution is -2.23. The van der Waals surface area contributed by atoms with E-state index in [4.69, 9.17) is 0 Å². The first-order valence-electron chi connectivity index (χ1n) is 7.91. The van der Waals surface area contributed by atoms with Gasteiger partial charge in [-0.15, -0.1) is 0 Å². The van der Waals surface area contributed by atoms with Gasteiger partial charge < -0.3 is 5.11 Å². The van der Waals surface area contributed by atoms with Gasteiger partial charge in [0, 0.05) is 5.57 Å². The fraction of sp³-hybridized carbons (Fsp3) is 0.450. The molecule has 0 saturated carbocycles. The first-order valence-corrected chi connectivity index (χ1v) is 7.91. The van der Waals surface area contributed by atoms with Gasteiger partial charge in [-0.3, -0.25) is 0 Å². The van der Waals surface area contributed by atoms with Crippen LogP contribution in [0.15, 0.2) is 58.7 Å². The lowest BCUT2D eigenvalue weighted by atomic mass is 9.72. The van der Waals surface area contributed by atoms with Gasteiger partial charge in [0.05, 0.1) is 0 Å². The largest absolute Gasteiger partial charge is 0.478 e. The van der Waals surface area contributed by atoms with E-state index >= 15 is 0 Å². The molecule has 1 rings (SSSR count). The molecule has 1 aliphatic rings. The minimum absolute atomic E-state index is 0.0693. The fourth-order valence-corrected chi connectivity index (χ4v) is 2.65. The molecule has 0 aliphatic heterocycles. The van der Waals surface area contributed by atoms with Crippen LogP contribution in [0.3, 0.4) is 0 Å². The molecular formula is C20H28O2. The molecule has 0 heterocycles. The van der Waals surface area contributed by atoms with Crippen molar-refractivity contribution in [2.75, 3.05) is 0 Å². The van der Waals surface area contributed by atoms with Crippen molar-refractivity contribution in [3.8, 4) is 0 Å². The third kappa shape index (κ3) is 5.18. The van der Waals surface area contributed by atoms with Crippen molar-refractivity contribution in [3.05, 3.63) is 58.7 Å². The summed E-state index contributed by atoms with van der Waals surface area (Å²) in [6, 6.07) is 0. The molecule has 1 N–H and O–H groups in total. The van der Waals surface area contributed by atoms with E-state index in [9.17, 15) is 9.90 Å². The van der Waals surface area contributed by atoms with Crippen LogP contribution in [-0.4, -0.2) is 11.1 Å². The predicted octanol–water partition coefficient (Wildman–Crippen LogP) is 5.60. The molecule has 0 unspecified atom stereocenters. The molecule has 0 amide bonds. The Labute approximate surface area is 134 Å². The minimum atomic E-state index is -0.780. The van der Waals surface area contributed by atoms with Crippen LogP contribution in [0.5, 0.6) is 0 Å². The van der Waals surface area contributed by atoms with Crippen LogP contribution in [0, 0.1) is 5.41 Å². The van der Waals surface area contributed by atoms with Crippen LogP contribution < -0.4 is 0 Å². The van der Waals surface area contributed by atoms with Gasteiger partial charge >= 0.3 is 5.97 Å². The van der Waals surface area contributed by atoms with E-state index in [2.05, 4.69) is 32.9 Å². The Morgan fingerprint density at radius 2 is 1.86 bits per heavy atom. The third-order valence-corrected chi connectivity index (χ3v) is 4.23. The Hall–Kier alpha value is -1.83. The maximum absolute atomic E-state index is 11.5. The van der Waals surface area contributed by atoms with Crippen LogP contribution in [0.2, 0.25) is 0 Å². The molecule has 0 bridgehead atoms. The van der Waals surface area contributed by atoms with Crippen molar-refractivity contribution < 1.29 is 9.90 Å². The highest BCUT2D eigenvalue weighted by Gasteiger charge is 2.30. The maximum atomic E-state index is 11.5. The van der Waals surface area contributed by atoms with Crippen molar-refractivity contribution in [1.29, 1.82) is 0 Å². The van der Waals surface area contributed by atoms with Crippen molar-refractivity contribution in [3.63, 3.8) is 0 Å². The number of rotatable bonds is 5. The van der Waals surface area contributed by atoms with Crippen LogP contribution in [-0.2, 0) is 4.79 Å². The topological polar surface area (TPSA) is 37.3 Å². The van der Waals surface area contributed by atoms with Gasteiger partial charge in [0.25, 0.3) is 0 Å². The van der Waals surface area contributed by atoms with Crippen molar-refractivity contribution in [2.24, 2.45) is 5.41 Å². The van der Waals surface area contributed by atoms with Crippen LogP contribution in [0.25, 0.3) is 0 Å². The lowest BCUT2D eigenvalue weighted by Gasteiger charge is -2.32. The molecule has 0 radical (unpaired) electrons. The fourth-order valence-electron chi connectivity index (χ4n) is 2.65. The Morgan fingerprint density at radius 1 is 1.18 bits per heavy atom. The molecule has 1 aliphatic carbocycles. The second kappa shape index (κ2) is 7.98. The molecule has 0 fully saturated rings. The number of hydrogen-bond donors (Lipinski definition) is 1. The quantitative estimate of drug-likeness (QED) is 0.671. The van der Waals surface area contributed by atoms with Crippen molar-refractivity contribution in [1.82, 2.24) is 0 Å². The Balaban J connectivity index is 3.00. The highest BCUT2D eigenvalue weighted by atomic mass is 16.4. The number of hydrogen-bond acceptors (Lipinski definition) is 1. The minimum Gasteiger partial charge on any atom is -0.478 e. The summed E-state index contributed by atoms with van der Waals surface area (Å²) in [6.45, 7) is 10.4. The highest BCUT2D eigenvalue weighted by Crippen LogP contribution is 2.41. The number of carboxylic acid groups (broad SMARTS) is 1. The Morgan fingerprint density at radius 3 is 2.45 bits per heavy atom. The number of carbonyl (C=O) groups is 1. The van der Waals surface area contributed by atoms with Crippen LogP contribution in [0.4, 0.5) is 0 Å². The molecular weight excluding hydrogens is 272 g/mol. The van der Waals surface area contributed by atoms with Gasteiger partial charge in [-0.25, -0.2) is 4.79 Å². The molecule has 0 aromatic rings. The number of carboxylic acids is 1. The maximum Gasteiger partial charge on any atom is 0.331 e. The van der Waals surface area contributed by atoms with E-state index in [0.29, 0.717) is 12.0 Å². The number of aliphatic carboxylic acids is 1. The van der Waals surface area contributed by atoms with Gasteiger partial charge in [0.1, 0.15) is 0 Å². The van der Waals surface area contributed by atoms with Crippen LogP contribution >= 0.6 is 0 Å². The van der Waals surface area contributed by atoms with Gasteiger partial charge in [0.2, 0.25) is 0 Å².